The number of hydrogen-bond acceptors (Lipinski definition) is 4. The predicted molar refractivity (Wildman–Crippen MR) is 63.9 cm³/mol. The van der Waals surface area contributed by atoms with Crippen LogP contribution in [0.1, 0.15) is 13.8 Å². The van der Waals surface area contributed by atoms with E-state index in [1.54, 1.807) is 13.8 Å². The third-order valence-corrected chi connectivity index (χ3v) is 4.94. The third-order valence-electron chi connectivity index (χ3n) is 1.82. The molecule has 1 aromatic rings. The molecule has 0 aromatic carbocycles. The van der Waals surface area contributed by atoms with E-state index in [1.807, 2.05) is 6.07 Å². The smallest absolute Gasteiger partial charge is 0.209 e. The molecule has 4 nitrogen and oxygen atoms in total. The molecule has 0 unspecified atom stereocenters. The summed E-state index contributed by atoms with van der Waals surface area (Å²) in [6, 6.07) is 4.98. The zero-order valence-corrected chi connectivity index (χ0v) is 11.2. The van der Waals surface area contributed by atoms with Crippen LogP contribution in [0.4, 0.5) is 0 Å². The maximum absolute atomic E-state index is 11.7. The molecule has 0 atom stereocenters. The van der Waals surface area contributed by atoms with E-state index in [0.29, 0.717) is 4.34 Å². The lowest BCUT2D eigenvalue weighted by molar-refractivity contribution is 0.479. The van der Waals surface area contributed by atoms with Gasteiger partial charge in [-0.2, -0.15) is 5.26 Å². The summed E-state index contributed by atoms with van der Waals surface area (Å²) >= 11 is 6.64. The minimum Gasteiger partial charge on any atom is -0.209 e. The van der Waals surface area contributed by atoms with Crippen molar-refractivity contribution in [2.75, 3.05) is 6.54 Å². The molecule has 0 aliphatic carbocycles. The Labute approximate surface area is 104 Å². The van der Waals surface area contributed by atoms with E-state index in [1.165, 1.54) is 12.1 Å². The van der Waals surface area contributed by atoms with Gasteiger partial charge < -0.3 is 0 Å². The number of rotatable bonds is 4. The fourth-order valence-corrected chi connectivity index (χ4v) is 3.57. The van der Waals surface area contributed by atoms with Crippen molar-refractivity contribution in [1.29, 1.82) is 5.26 Å². The van der Waals surface area contributed by atoms with Crippen molar-refractivity contribution in [2.24, 2.45) is 5.41 Å². The van der Waals surface area contributed by atoms with Crippen molar-refractivity contribution in [3.63, 3.8) is 0 Å². The molecule has 1 N–H and O–H groups in total. The summed E-state index contributed by atoms with van der Waals surface area (Å²) in [5.41, 5.74) is -0.728. The molecule has 16 heavy (non-hydrogen) atoms. The highest BCUT2D eigenvalue weighted by Crippen LogP contribution is 2.25. The Hall–Kier alpha value is -0.610. The molecule has 1 rings (SSSR count). The molecule has 0 fully saturated rings. The molecule has 0 saturated carbocycles. The summed E-state index contributed by atoms with van der Waals surface area (Å²) in [4.78, 5) is 0. The molecule has 1 heterocycles. The second-order valence-corrected chi connectivity index (χ2v) is 7.59. The Morgan fingerprint density at radius 2 is 2.19 bits per heavy atom. The fraction of sp³-hybridized carbons (Fsp3) is 0.444. The molecule has 0 amide bonds. The van der Waals surface area contributed by atoms with E-state index in [2.05, 4.69) is 4.72 Å². The van der Waals surface area contributed by atoms with Crippen LogP contribution in [-0.2, 0) is 10.0 Å². The van der Waals surface area contributed by atoms with Crippen LogP contribution in [0.5, 0.6) is 0 Å². The Morgan fingerprint density at radius 1 is 1.56 bits per heavy atom. The van der Waals surface area contributed by atoms with Crippen molar-refractivity contribution >= 4 is 33.0 Å². The lowest BCUT2D eigenvalue weighted by Crippen LogP contribution is -2.32. The molecular formula is C9H11ClN2O2S2. The zero-order valence-electron chi connectivity index (χ0n) is 8.82. The van der Waals surface area contributed by atoms with E-state index < -0.39 is 15.4 Å². The van der Waals surface area contributed by atoms with Crippen molar-refractivity contribution in [3.8, 4) is 6.07 Å². The Kier molecular flexibility index (Phi) is 3.97. The van der Waals surface area contributed by atoms with Crippen molar-refractivity contribution in [1.82, 2.24) is 4.72 Å². The van der Waals surface area contributed by atoms with Crippen LogP contribution in [0.15, 0.2) is 16.3 Å². The largest absolute Gasteiger partial charge is 0.250 e. The highest BCUT2D eigenvalue weighted by Gasteiger charge is 2.22. The maximum Gasteiger partial charge on any atom is 0.250 e. The average Bonchev–Trinajstić information content (AvgIpc) is 2.63. The van der Waals surface area contributed by atoms with Gasteiger partial charge in [-0.05, 0) is 26.0 Å². The van der Waals surface area contributed by atoms with Gasteiger partial charge in [-0.3, -0.25) is 0 Å². The quantitative estimate of drug-likeness (QED) is 0.918. The summed E-state index contributed by atoms with van der Waals surface area (Å²) < 4.78 is 26.4. The molecule has 0 bridgehead atoms. The molecule has 0 spiro atoms. The second-order valence-electron chi connectivity index (χ2n) is 3.88. The van der Waals surface area contributed by atoms with Gasteiger partial charge >= 0.3 is 0 Å². The summed E-state index contributed by atoms with van der Waals surface area (Å²) in [7, 11) is -3.55. The molecule has 0 aliphatic rings. The van der Waals surface area contributed by atoms with Crippen molar-refractivity contribution in [3.05, 3.63) is 16.5 Å². The Bertz CT molecular complexity index is 514. The fourth-order valence-electron chi connectivity index (χ4n) is 0.828. The summed E-state index contributed by atoms with van der Waals surface area (Å²) in [5.74, 6) is 0. The first-order valence-corrected chi connectivity index (χ1v) is 7.11. The SMILES string of the molecule is CC(C)(C#N)CNS(=O)(=O)c1ccc(Cl)s1. The van der Waals surface area contributed by atoms with Gasteiger partial charge in [0.2, 0.25) is 10.0 Å². The first kappa shape index (κ1) is 13.5. The van der Waals surface area contributed by atoms with Gasteiger partial charge in [-0.25, -0.2) is 13.1 Å². The van der Waals surface area contributed by atoms with Crippen LogP contribution >= 0.6 is 22.9 Å². The second kappa shape index (κ2) is 4.72. The van der Waals surface area contributed by atoms with Gasteiger partial charge in [0.15, 0.2) is 0 Å². The van der Waals surface area contributed by atoms with Crippen LogP contribution in [0.2, 0.25) is 4.34 Å². The normalized spacial score (nSPS) is 12.4. The third kappa shape index (κ3) is 3.46. The molecule has 7 heteroatoms. The van der Waals surface area contributed by atoms with Crippen LogP contribution in [0.25, 0.3) is 0 Å². The van der Waals surface area contributed by atoms with E-state index in [0.717, 1.165) is 11.3 Å². The molecule has 0 saturated heterocycles. The number of hydrogen-bond donors (Lipinski definition) is 1. The van der Waals surface area contributed by atoms with E-state index in [9.17, 15) is 8.42 Å². The first-order chi connectivity index (χ1) is 7.27. The highest BCUT2D eigenvalue weighted by atomic mass is 35.5. The molecule has 0 radical (unpaired) electrons. The number of nitrogens with one attached hydrogen (secondary N) is 1. The van der Waals surface area contributed by atoms with Gasteiger partial charge in [0.25, 0.3) is 0 Å². The van der Waals surface area contributed by atoms with Gasteiger partial charge in [0.1, 0.15) is 4.21 Å². The van der Waals surface area contributed by atoms with E-state index >= 15 is 0 Å². The molecule has 0 aliphatic heterocycles. The number of nitriles is 1. The lowest BCUT2D eigenvalue weighted by atomic mass is 9.97. The zero-order chi connectivity index (χ0) is 12.4. The van der Waals surface area contributed by atoms with Crippen molar-refractivity contribution < 1.29 is 8.42 Å². The van der Waals surface area contributed by atoms with Gasteiger partial charge in [-0.1, -0.05) is 11.6 Å². The highest BCUT2D eigenvalue weighted by molar-refractivity contribution is 7.91. The Morgan fingerprint density at radius 3 is 2.62 bits per heavy atom. The van der Waals surface area contributed by atoms with E-state index in [-0.39, 0.29) is 10.8 Å². The predicted octanol–water partition coefficient (Wildman–Crippen LogP) is 2.23. The minimum atomic E-state index is -3.55. The molecule has 1 aromatic heterocycles. The van der Waals surface area contributed by atoms with Gasteiger partial charge in [0.05, 0.1) is 15.8 Å². The number of thiophene rings is 1. The summed E-state index contributed by atoms with van der Waals surface area (Å²) in [5, 5.41) is 8.76. The monoisotopic (exact) mass is 278 g/mol. The number of halogens is 1. The Balaban J connectivity index is 2.79. The standard InChI is InChI=1S/C9H11ClN2O2S2/c1-9(2,5-11)6-12-16(13,14)8-4-3-7(10)15-8/h3-4,12H,6H2,1-2H3. The average molecular weight is 279 g/mol. The molecule has 88 valence electrons. The van der Waals surface area contributed by atoms with Crippen LogP contribution in [0.3, 0.4) is 0 Å². The summed E-state index contributed by atoms with van der Waals surface area (Å²) in [6.45, 7) is 3.40. The van der Waals surface area contributed by atoms with Crippen LogP contribution in [-0.4, -0.2) is 15.0 Å². The first-order valence-electron chi connectivity index (χ1n) is 4.43. The van der Waals surface area contributed by atoms with E-state index in [4.69, 9.17) is 16.9 Å². The topological polar surface area (TPSA) is 70.0 Å². The molecular weight excluding hydrogens is 268 g/mol. The van der Waals surface area contributed by atoms with Crippen molar-refractivity contribution in [2.45, 2.75) is 18.1 Å². The van der Waals surface area contributed by atoms with Crippen LogP contribution in [0, 0.1) is 16.7 Å². The van der Waals surface area contributed by atoms with Gasteiger partial charge in [0, 0.05) is 6.54 Å². The number of nitrogens with zero attached hydrogens (tertiary/aromatic N) is 1. The number of sulfonamides is 1. The van der Waals surface area contributed by atoms with Gasteiger partial charge in [-0.15, -0.1) is 11.3 Å². The van der Waals surface area contributed by atoms with Crippen LogP contribution < -0.4 is 4.72 Å². The maximum atomic E-state index is 11.7. The summed E-state index contributed by atoms with van der Waals surface area (Å²) in [6.07, 6.45) is 0. The lowest BCUT2D eigenvalue weighted by Gasteiger charge is -2.15. The minimum absolute atomic E-state index is 0.0708.